The fourth-order valence-corrected chi connectivity index (χ4v) is 1.58. The SMILES string of the molecule is COC(=O)N1CCC[C@H]1COC(C)=O. The van der Waals surface area contributed by atoms with Crippen molar-refractivity contribution in [1.82, 2.24) is 4.90 Å². The van der Waals surface area contributed by atoms with Crippen LogP contribution in [0.25, 0.3) is 0 Å². The second-order valence-corrected chi connectivity index (χ2v) is 3.26. The maximum absolute atomic E-state index is 11.2. The minimum atomic E-state index is -0.348. The molecule has 1 saturated heterocycles. The lowest BCUT2D eigenvalue weighted by Crippen LogP contribution is -2.38. The molecule has 0 unspecified atom stereocenters. The third-order valence-electron chi connectivity index (χ3n) is 2.27. The molecule has 80 valence electrons. The molecule has 1 aliphatic heterocycles. The number of methoxy groups -OCH3 is 1. The van der Waals surface area contributed by atoms with Crippen LogP contribution in [0.1, 0.15) is 19.8 Å². The van der Waals surface area contributed by atoms with Crippen molar-refractivity contribution in [3.05, 3.63) is 0 Å². The Morgan fingerprint density at radius 2 is 2.21 bits per heavy atom. The lowest BCUT2D eigenvalue weighted by molar-refractivity contribution is -0.142. The van der Waals surface area contributed by atoms with Crippen molar-refractivity contribution in [2.24, 2.45) is 0 Å². The summed E-state index contributed by atoms with van der Waals surface area (Å²) in [6, 6.07) is -0.0219. The minimum absolute atomic E-state index is 0.0219. The molecule has 0 spiro atoms. The number of hydrogen-bond acceptors (Lipinski definition) is 4. The smallest absolute Gasteiger partial charge is 0.409 e. The van der Waals surface area contributed by atoms with Gasteiger partial charge in [0.25, 0.3) is 0 Å². The van der Waals surface area contributed by atoms with Gasteiger partial charge < -0.3 is 14.4 Å². The average molecular weight is 201 g/mol. The first-order chi connectivity index (χ1) is 6.65. The summed E-state index contributed by atoms with van der Waals surface area (Å²) >= 11 is 0. The van der Waals surface area contributed by atoms with Gasteiger partial charge in [0.15, 0.2) is 0 Å². The van der Waals surface area contributed by atoms with Gasteiger partial charge in [-0.25, -0.2) is 4.79 Å². The van der Waals surface area contributed by atoms with Crippen LogP contribution in [0.4, 0.5) is 4.79 Å². The van der Waals surface area contributed by atoms with Crippen molar-refractivity contribution in [3.8, 4) is 0 Å². The van der Waals surface area contributed by atoms with Crippen LogP contribution in [0.15, 0.2) is 0 Å². The fourth-order valence-electron chi connectivity index (χ4n) is 1.58. The van der Waals surface area contributed by atoms with E-state index in [1.165, 1.54) is 14.0 Å². The Kier molecular flexibility index (Phi) is 3.73. The summed E-state index contributed by atoms with van der Waals surface area (Å²) in [6.45, 7) is 2.31. The van der Waals surface area contributed by atoms with E-state index in [4.69, 9.17) is 4.74 Å². The highest BCUT2D eigenvalue weighted by atomic mass is 16.5. The standard InChI is InChI=1S/C9H15NO4/c1-7(11)14-6-8-4-3-5-10(8)9(12)13-2/h8H,3-6H2,1-2H3/t8-/m0/s1. The number of hydrogen-bond donors (Lipinski definition) is 0. The molecule has 1 heterocycles. The monoisotopic (exact) mass is 201 g/mol. The number of ether oxygens (including phenoxy) is 2. The molecule has 0 saturated carbocycles. The van der Waals surface area contributed by atoms with Crippen molar-refractivity contribution in [1.29, 1.82) is 0 Å². The van der Waals surface area contributed by atoms with Gasteiger partial charge in [-0.05, 0) is 12.8 Å². The Labute approximate surface area is 83.0 Å². The van der Waals surface area contributed by atoms with Gasteiger partial charge in [-0.15, -0.1) is 0 Å². The summed E-state index contributed by atoms with van der Waals surface area (Å²) < 4.78 is 9.48. The van der Waals surface area contributed by atoms with Crippen molar-refractivity contribution >= 4 is 12.1 Å². The van der Waals surface area contributed by atoms with E-state index >= 15 is 0 Å². The molecule has 1 amide bonds. The Hall–Kier alpha value is -1.26. The molecule has 1 fully saturated rings. The van der Waals surface area contributed by atoms with E-state index in [1.807, 2.05) is 0 Å². The molecule has 0 aliphatic carbocycles. The highest BCUT2D eigenvalue weighted by Gasteiger charge is 2.29. The van der Waals surface area contributed by atoms with Crippen LogP contribution in [0.3, 0.4) is 0 Å². The van der Waals surface area contributed by atoms with E-state index in [-0.39, 0.29) is 24.7 Å². The Bertz CT molecular complexity index is 229. The number of amides is 1. The summed E-state index contributed by atoms with van der Waals surface area (Å²) in [4.78, 5) is 23.4. The Morgan fingerprint density at radius 1 is 1.50 bits per heavy atom. The first-order valence-electron chi connectivity index (χ1n) is 4.63. The maximum atomic E-state index is 11.2. The predicted molar refractivity (Wildman–Crippen MR) is 48.8 cm³/mol. The normalized spacial score (nSPS) is 20.7. The van der Waals surface area contributed by atoms with Crippen LogP contribution < -0.4 is 0 Å². The van der Waals surface area contributed by atoms with Crippen LogP contribution >= 0.6 is 0 Å². The topological polar surface area (TPSA) is 55.8 Å². The second kappa shape index (κ2) is 4.83. The van der Waals surface area contributed by atoms with Crippen molar-refractivity contribution in [2.75, 3.05) is 20.3 Å². The van der Waals surface area contributed by atoms with Gasteiger partial charge in [0.2, 0.25) is 0 Å². The lowest BCUT2D eigenvalue weighted by atomic mass is 10.2. The van der Waals surface area contributed by atoms with E-state index in [2.05, 4.69) is 4.74 Å². The third kappa shape index (κ3) is 2.61. The molecule has 1 rings (SSSR count). The van der Waals surface area contributed by atoms with Gasteiger partial charge in [0.05, 0.1) is 13.2 Å². The average Bonchev–Trinajstić information content (AvgIpc) is 2.61. The van der Waals surface area contributed by atoms with Crippen molar-refractivity contribution < 1.29 is 19.1 Å². The number of carbonyl (C=O) groups is 2. The Balaban J connectivity index is 2.42. The number of carbonyl (C=O) groups excluding carboxylic acids is 2. The summed E-state index contributed by atoms with van der Waals surface area (Å²) in [5.74, 6) is -0.318. The van der Waals surface area contributed by atoms with E-state index in [1.54, 1.807) is 4.90 Å². The van der Waals surface area contributed by atoms with Gasteiger partial charge in [0, 0.05) is 13.5 Å². The molecule has 1 atom stereocenters. The number of esters is 1. The molecule has 0 bridgehead atoms. The summed E-state index contributed by atoms with van der Waals surface area (Å²) in [7, 11) is 1.35. The van der Waals surface area contributed by atoms with Crippen LogP contribution in [0, 0.1) is 0 Å². The zero-order valence-electron chi connectivity index (χ0n) is 8.49. The molecule has 5 nitrogen and oxygen atoms in total. The maximum Gasteiger partial charge on any atom is 0.409 e. The zero-order chi connectivity index (χ0) is 10.6. The molecular weight excluding hydrogens is 186 g/mol. The summed E-state index contributed by atoms with van der Waals surface area (Å²) in [6.07, 6.45) is 1.45. The van der Waals surface area contributed by atoms with E-state index < -0.39 is 0 Å². The van der Waals surface area contributed by atoms with Crippen LogP contribution in [0.5, 0.6) is 0 Å². The van der Waals surface area contributed by atoms with Gasteiger partial charge >= 0.3 is 12.1 Å². The van der Waals surface area contributed by atoms with E-state index in [9.17, 15) is 9.59 Å². The lowest BCUT2D eigenvalue weighted by Gasteiger charge is -2.22. The van der Waals surface area contributed by atoms with E-state index in [0.717, 1.165) is 12.8 Å². The molecule has 0 aromatic heterocycles. The molecule has 1 aliphatic rings. The number of rotatable bonds is 2. The first kappa shape index (κ1) is 10.8. The van der Waals surface area contributed by atoms with Crippen LogP contribution in [-0.4, -0.2) is 43.3 Å². The van der Waals surface area contributed by atoms with Crippen molar-refractivity contribution in [3.63, 3.8) is 0 Å². The summed E-state index contributed by atoms with van der Waals surface area (Å²) in [5, 5.41) is 0. The number of likely N-dealkylation sites (tertiary alicyclic amines) is 1. The second-order valence-electron chi connectivity index (χ2n) is 3.26. The molecule has 0 radical (unpaired) electrons. The number of nitrogens with zero attached hydrogens (tertiary/aromatic N) is 1. The van der Waals surface area contributed by atoms with Gasteiger partial charge in [-0.3, -0.25) is 4.79 Å². The molecule has 14 heavy (non-hydrogen) atoms. The molecule has 5 heteroatoms. The summed E-state index contributed by atoms with van der Waals surface area (Å²) in [5.41, 5.74) is 0. The first-order valence-corrected chi connectivity index (χ1v) is 4.63. The predicted octanol–water partition coefficient (Wildman–Crippen LogP) is 0.780. The van der Waals surface area contributed by atoms with Gasteiger partial charge in [-0.1, -0.05) is 0 Å². The van der Waals surface area contributed by atoms with Gasteiger partial charge in [-0.2, -0.15) is 0 Å². The zero-order valence-corrected chi connectivity index (χ0v) is 8.49. The minimum Gasteiger partial charge on any atom is -0.464 e. The fraction of sp³-hybridized carbons (Fsp3) is 0.778. The van der Waals surface area contributed by atoms with Crippen LogP contribution in [0.2, 0.25) is 0 Å². The third-order valence-corrected chi connectivity index (χ3v) is 2.27. The molecular formula is C9H15NO4. The van der Waals surface area contributed by atoms with Crippen molar-refractivity contribution in [2.45, 2.75) is 25.8 Å². The largest absolute Gasteiger partial charge is 0.464 e. The molecule has 0 aromatic carbocycles. The Morgan fingerprint density at radius 3 is 2.79 bits per heavy atom. The highest BCUT2D eigenvalue weighted by molar-refractivity contribution is 5.68. The van der Waals surface area contributed by atoms with E-state index in [0.29, 0.717) is 6.54 Å². The quantitative estimate of drug-likeness (QED) is 0.619. The van der Waals surface area contributed by atoms with Gasteiger partial charge in [0.1, 0.15) is 6.61 Å². The molecule has 0 aromatic rings. The van der Waals surface area contributed by atoms with Crippen LogP contribution in [-0.2, 0) is 14.3 Å². The molecule has 0 N–H and O–H groups in total. The highest BCUT2D eigenvalue weighted by Crippen LogP contribution is 2.18.